The molecule has 6 heteroatoms. The average molecular weight is 325 g/mol. The molecule has 22 heavy (non-hydrogen) atoms. The maximum absolute atomic E-state index is 11.8. The quantitative estimate of drug-likeness (QED) is 0.410. The van der Waals surface area contributed by atoms with Crippen LogP contribution < -0.4 is 16.0 Å². The molecule has 0 aliphatic heterocycles. The van der Waals surface area contributed by atoms with Gasteiger partial charge in [0, 0.05) is 37.3 Å². The molecule has 122 valence electrons. The Morgan fingerprint density at radius 2 is 1.91 bits per heavy atom. The van der Waals surface area contributed by atoms with Gasteiger partial charge < -0.3 is 16.0 Å². The third-order valence-corrected chi connectivity index (χ3v) is 3.15. The van der Waals surface area contributed by atoms with Gasteiger partial charge in [0.2, 0.25) is 5.91 Å². The zero-order chi connectivity index (χ0) is 16.4. The molecule has 1 rings (SSSR count). The van der Waals surface area contributed by atoms with Crippen molar-refractivity contribution >= 4 is 29.2 Å². The number of carbonyl (C=O) groups is 1. The maximum atomic E-state index is 11.8. The molecular formula is C16H25ClN4O. The van der Waals surface area contributed by atoms with Gasteiger partial charge in [-0.25, -0.2) is 0 Å². The fourth-order valence-corrected chi connectivity index (χ4v) is 1.86. The lowest BCUT2D eigenvalue weighted by atomic mass is 10.2. The van der Waals surface area contributed by atoms with Crippen molar-refractivity contribution in [3.05, 3.63) is 29.3 Å². The number of nitrogens with one attached hydrogen (secondary N) is 3. The first-order valence-electron chi connectivity index (χ1n) is 7.51. The number of halogens is 1. The number of aliphatic imine (C=N–C) groups is 1. The van der Waals surface area contributed by atoms with Crippen molar-refractivity contribution in [2.45, 2.75) is 26.7 Å². The van der Waals surface area contributed by atoms with E-state index in [4.69, 9.17) is 11.6 Å². The standard InChI is InChI=1S/C16H25ClN4O/c1-12(2)11-20-16(18-3)19-10-4-5-15(22)21-14-8-6-13(17)7-9-14/h6-9,12H,4-5,10-11H2,1-3H3,(H,21,22)(H2,18,19,20). The van der Waals surface area contributed by atoms with E-state index in [0.29, 0.717) is 23.9 Å². The largest absolute Gasteiger partial charge is 0.356 e. The van der Waals surface area contributed by atoms with Gasteiger partial charge in [0.1, 0.15) is 0 Å². The summed E-state index contributed by atoms with van der Waals surface area (Å²) in [5.41, 5.74) is 0.761. The minimum Gasteiger partial charge on any atom is -0.356 e. The Morgan fingerprint density at radius 1 is 1.23 bits per heavy atom. The normalized spacial score (nSPS) is 11.4. The third-order valence-electron chi connectivity index (χ3n) is 2.90. The first kappa shape index (κ1) is 18.3. The highest BCUT2D eigenvalue weighted by molar-refractivity contribution is 6.30. The van der Waals surface area contributed by atoms with Crippen LogP contribution in [0.2, 0.25) is 5.02 Å². The fourth-order valence-electron chi connectivity index (χ4n) is 1.73. The average Bonchev–Trinajstić information content (AvgIpc) is 2.48. The first-order chi connectivity index (χ1) is 10.5. The minimum atomic E-state index is -0.00532. The van der Waals surface area contributed by atoms with Crippen molar-refractivity contribution in [3.8, 4) is 0 Å². The number of hydrogen-bond donors (Lipinski definition) is 3. The van der Waals surface area contributed by atoms with Crippen molar-refractivity contribution < 1.29 is 4.79 Å². The van der Waals surface area contributed by atoms with Gasteiger partial charge in [-0.15, -0.1) is 0 Å². The molecule has 0 aliphatic rings. The number of guanidine groups is 1. The van der Waals surface area contributed by atoms with Gasteiger partial charge in [-0.3, -0.25) is 9.79 Å². The molecular weight excluding hydrogens is 300 g/mol. The highest BCUT2D eigenvalue weighted by Crippen LogP contribution is 2.13. The van der Waals surface area contributed by atoms with Crippen LogP contribution in [0.4, 0.5) is 5.69 Å². The van der Waals surface area contributed by atoms with Gasteiger partial charge in [0.05, 0.1) is 0 Å². The summed E-state index contributed by atoms with van der Waals surface area (Å²) in [6.07, 6.45) is 1.19. The Bertz CT molecular complexity index is 485. The molecule has 0 aromatic heterocycles. The summed E-state index contributed by atoms with van der Waals surface area (Å²) in [5, 5.41) is 9.92. The van der Waals surface area contributed by atoms with Gasteiger partial charge >= 0.3 is 0 Å². The molecule has 5 nitrogen and oxygen atoms in total. The molecule has 1 aromatic rings. The molecule has 0 spiro atoms. The van der Waals surface area contributed by atoms with Crippen LogP contribution in [0.15, 0.2) is 29.3 Å². The SMILES string of the molecule is CN=C(NCCCC(=O)Nc1ccc(Cl)cc1)NCC(C)C. The topological polar surface area (TPSA) is 65.5 Å². The molecule has 0 aliphatic carbocycles. The van der Waals surface area contributed by atoms with Gasteiger partial charge in [-0.05, 0) is 36.6 Å². The van der Waals surface area contributed by atoms with E-state index in [1.807, 2.05) is 0 Å². The van der Waals surface area contributed by atoms with E-state index in [9.17, 15) is 4.79 Å². The monoisotopic (exact) mass is 324 g/mol. The van der Waals surface area contributed by atoms with Crippen LogP contribution in [0.3, 0.4) is 0 Å². The Morgan fingerprint density at radius 3 is 2.50 bits per heavy atom. The van der Waals surface area contributed by atoms with Crippen molar-refractivity contribution in [2.24, 2.45) is 10.9 Å². The van der Waals surface area contributed by atoms with Crippen LogP contribution >= 0.6 is 11.6 Å². The molecule has 0 saturated carbocycles. The molecule has 0 radical (unpaired) electrons. The molecule has 0 atom stereocenters. The predicted octanol–water partition coefficient (Wildman–Crippen LogP) is 2.88. The van der Waals surface area contributed by atoms with Crippen LogP contribution in [0.25, 0.3) is 0 Å². The van der Waals surface area contributed by atoms with E-state index in [1.54, 1.807) is 31.3 Å². The second kappa shape index (κ2) is 10.1. The number of anilines is 1. The van der Waals surface area contributed by atoms with E-state index in [-0.39, 0.29) is 5.91 Å². The summed E-state index contributed by atoms with van der Waals surface area (Å²) in [7, 11) is 1.74. The zero-order valence-corrected chi connectivity index (χ0v) is 14.2. The highest BCUT2D eigenvalue weighted by Gasteiger charge is 2.03. The summed E-state index contributed by atoms with van der Waals surface area (Å²) in [4.78, 5) is 15.9. The molecule has 3 N–H and O–H groups in total. The minimum absolute atomic E-state index is 0.00532. The van der Waals surface area contributed by atoms with Crippen LogP contribution in [-0.4, -0.2) is 32.0 Å². The number of benzene rings is 1. The van der Waals surface area contributed by atoms with E-state index in [2.05, 4.69) is 34.8 Å². The number of nitrogens with zero attached hydrogens (tertiary/aromatic N) is 1. The van der Waals surface area contributed by atoms with Crippen LogP contribution in [0.1, 0.15) is 26.7 Å². The van der Waals surface area contributed by atoms with Crippen molar-refractivity contribution in [2.75, 3.05) is 25.5 Å². The molecule has 0 heterocycles. The third kappa shape index (κ3) is 7.88. The van der Waals surface area contributed by atoms with Gasteiger partial charge in [0.15, 0.2) is 5.96 Å². The second-order valence-electron chi connectivity index (χ2n) is 5.43. The molecule has 0 unspecified atom stereocenters. The molecule has 0 fully saturated rings. The highest BCUT2D eigenvalue weighted by atomic mass is 35.5. The number of amides is 1. The Kier molecular flexibility index (Phi) is 8.36. The number of rotatable bonds is 7. The molecule has 0 saturated heterocycles. The number of carbonyl (C=O) groups excluding carboxylic acids is 1. The van der Waals surface area contributed by atoms with Gasteiger partial charge in [0.25, 0.3) is 0 Å². The molecule has 1 aromatic carbocycles. The second-order valence-corrected chi connectivity index (χ2v) is 5.87. The van der Waals surface area contributed by atoms with E-state index in [1.165, 1.54) is 0 Å². The van der Waals surface area contributed by atoms with E-state index >= 15 is 0 Å². The lowest BCUT2D eigenvalue weighted by Crippen LogP contribution is -2.39. The lowest BCUT2D eigenvalue weighted by molar-refractivity contribution is -0.116. The van der Waals surface area contributed by atoms with E-state index in [0.717, 1.165) is 24.6 Å². The first-order valence-corrected chi connectivity index (χ1v) is 7.89. The van der Waals surface area contributed by atoms with Crippen molar-refractivity contribution in [1.82, 2.24) is 10.6 Å². The fraction of sp³-hybridized carbons (Fsp3) is 0.500. The van der Waals surface area contributed by atoms with Crippen molar-refractivity contribution in [3.63, 3.8) is 0 Å². The zero-order valence-electron chi connectivity index (χ0n) is 13.4. The summed E-state index contributed by atoms with van der Waals surface area (Å²) >= 11 is 5.80. The Hall–Kier alpha value is -1.75. The van der Waals surface area contributed by atoms with Gasteiger partial charge in [-0.1, -0.05) is 25.4 Å². The van der Waals surface area contributed by atoms with Crippen LogP contribution in [-0.2, 0) is 4.79 Å². The van der Waals surface area contributed by atoms with Crippen molar-refractivity contribution in [1.29, 1.82) is 0 Å². The summed E-state index contributed by atoms with van der Waals surface area (Å²) in [5.74, 6) is 1.32. The smallest absolute Gasteiger partial charge is 0.224 e. The van der Waals surface area contributed by atoms with Gasteiger partial charge in [-0.2, -0.15) is 0 Å². The predicted molar refractivity (Wildman–Crippen MR) is 93.5 cm³/mol. The molecule has 1 amide bonds. The van der Waals surface area contributed by atoms with E-state index < -0.39 is 0 Å². The summed E-state index contributed by atoms with van der Waals surface area (Å²) in [6, 6.07) is 7.08. The lowest BCUT2D eigenvalue weighted by Gasteiger charge is -2.13. The maximum Gasteiger partial charge on any atom is 0.224 e. The number of hydrogen-bond acceptors (Lipinski definition) is 2. The summed E-state index contributed by atoms with van der Waals surface area (Å²) < 4.78 is 0. The molecule has 0 bridgehead atoms. The van der Waals surface area contributed by atoms with Crippen LogP contribution in [0.5, 0.6) is 0 Å². The van der Waals surface area contributed by atoms with Crippen LogP contribution in [0, 0.1) is 5.92 Å². The Labute approximate surface area is 137 Å². The Balaban J connectivity index is 2.20. The summed E-state index contributed by atoms with van der Waals surface area (Å²) in [6.45, 7) is 5.85.